The fraction of sp³-hybridized carbons (Fsp3) is 0.333. The Hall–Kier alpha value is -1.49. The van der Waals surface area contributed by atoms with E-state index in [1.165, 1.54) is 10.8 Å². The summed E-state index contributed by atoms with van der Waals surface area (Å²) in [6.07, 6.45) is 2.33. The number of para-hydroxylation sites is 1. The van der Waals surface area contributed by atoms with Gasteiger partial charge < -0.3 is 0 Å². The maximum absolute atomic E-state index is 12.1. The van der Waals surface area contributed by atoms with E-state index in [1.54, 1.807) is 13.1 Å². The Morgan fingerprint density at radius 3 is 2.71 bits per heavy atom. The highest BCUT2D eigenvalue weighted by Crippen LogP contribution is 2.15. The van der Waals surface area contributed by atoms with Gasteiger partial charge in [-0.05, 0) is 18.1 Å². The quantitative estimate of drug-likeness (QED) is 0.753. The van der Waals surface area contributed by atoms with Crippen molar-refractivity contribution in [2.45, 2.75) is 18.5 Å². The molecule has 0 aliphatic heterocycles. The number of hydrogen-bond acceptors (Lipinski definition) is 3. The molecule has 0 aliphatic carbocycles. The zero-order chi connectivity index (χ0) is 12.6. The zero-order valence-corrected chi connectivity index (χ0v) is 10.9. The van der Waals surface area contributed by atoms with Crippen LogP contribution in [0.4, 0.5) is 0 Å². The largest absolute Gasteiger partial charge is 0.288 e. The van der Waals surface area contributed by atoms with Gasteiger partial charge in [-0.25, -0.2) is 4.98 Å². The maximum Gasteiger partial charge on any atom is 0.261 e. The van der Waals surface area contributed by atoms with Crippen LogP contribution in [0.3, 0.4) is 0 Å². The van der Waals surface area contributed by atoms with Gasteiger partial charge in [0.2, 0.25) is 5.16 Å². The first-order valence-electron chi connectivity index (χ1n) is 5.38. The number of aromatic nitrogens is 2. The standard InChI is InChI=1S/C12H14N2O2S/c1-4-8-6-5-7-9-10(8)13-12(17(3)16)14(2)11(9)15/h5-7H,4H2,1-3H3. The predicted octanol–water partition coefficient (Wildman–Crippen LogP) is 1.23. The van der Waals surface area contributed by atoms with Gasteiger partial charge in [-0.1, -0.05) is 19.1 Å². The van der Waals surface area contributed by atoms with Gasteiger partial charge in [0.05, 0.1) is 21.7 Å². The third-order valence-electron chi connectivity index (χ3n) is 2.79. The Morgan fingerprint density at radius 1 is 1.41 bits per heavy atom. The molecule has 1 aromatic heterocycles. The smallest absolute Gasteiger partial charge is 0.261 e. The summed E-state index contributed by atoms with van der Waals surface area (Å²) in [5, 5.41) is 0.907. The van der Waals surface area contributed by atoms with Crippen LogP contribution < -0.4 is 5.56 Å². The molecule has 1 heterocycles. The monoisotopic (exact) mass is 250 g/mol. The van der Waals surface area contributed by atoms with Gasteiger partial charge in [0, 0.05) is 13.3 Å². The Bertz CT molecular complexity index is 661. The fourth-order valence-electron chi connectivity index (χ4n) is 1.88. The van der Waals surface area contributed by atoms with E-state index in [0.29, 0.717) is 16.1 Å². The van der Waals surface area contributed by atoms with Crippen molar-refractivity contribution in [1.82, 2.24) is 9.55 Å². The van der Waals surface area contributed by atoms with Crippen molar-refractivity contribution in [2.75, 3.05) is 6.26 Å². The normalized spacial score (nSPS) is 12.9. The minimum absolute atomic E-state index is 0.143. The minimum atomic E-state index is -1.27. The lowest BCUT2D eigenvalue weighted by molar-refractivity contribution is 0.656. The zero-order valence-electron chi connectivity index (χ0n) is 10.1. The summed E-state index contributed by atoms with van der Waals surface area (Å²) in [6, 6.07) is 5.55. The van der Waals surface area contributed by atoms with E-state index in [4.69, 9.17) is 0 Å². The van der Waals surface area contributed by atoms with Crippen molar-refractivity contribution < 1.29 is 4.21 Å². The van der Waals surface area contributed by atoms with E-state index in [2.05, 4.69) is 4.98 Å². The number of rotatable bonds is 2. The van der Waals surface area contributed by atoms with Crippen LogP contribution in [0, 0.1) is 0 Å². The molecule has 2 rings (SSSR count). The summed E-state index contributed by atoms with van der Waals surface area (Å²) in [7, 11) is 0.336. The molecule has 0 saturated heterocycles. The van der Waals surface area contributed by atoms with Gasteiger partial charge in [0.1, 0.15) is 0 Å². The predicted molar refractivity (Wildman–Crippen MR) is 68.7 cm³/mol. The molecular formula is C12H14N2O2S. The summed E-state index contributed by atoms with van der Waals surface area (Å²) in [6.45, 7) is 2.01. The lowest BCUT2D eigenvalue weighted by Crippen LogP contribution is -2.23. The molecule has 0 bridgehead atoms. The van der Waals surface area contributed by atoms with Crippen LogP contribution in [0.25, 0.3) is 10.9 Å². The van der Waals surface area contributed by atoms with E-state index >= 15 is 0 Å². The topological polar surface area (TPSA) is 52.0 Å². The molecule has 0 aliphatic rings. The highest BCUT2D eigenvalue weighted by atomic mass is 32.2. The molecule has 0 spiro atoms. The second kappa shape index (κ2) is 4.41. The van der Waals surface area contributed by atoms with Crippen LogP contribution in [-0.2, 0) is 24.3 Å². The third-order valence-corrected chi connectivity index (χ3v) is 3.67. The van der Waals surface area contributed by atoms with Gasteiger partial charge in [-0.3, -0.25) is 13.6 Å². The van der Waals surface area contributed by atoms with Gasteiger partial charge in [-0.2, -0.15) is 0 Å². The summed E-state index contributed by atoms with van der Waals surface area (Å²) >= 11 is 0. The Labute approximate surface area is 102 Å². The molecule has 1 unspecified atom stereocenters. The van der Waals surface area contributed by atoms with E-state index in [0.717, 1.165) is 12.0 Å². The van der Waals surface area contributed by atoms with Crippen molar-refractivity contribution in [3.63, 3.8) is 0 Å². The van der Waals surface area contributed by atoms with Crippen LogP contribution in [0.2, 0.25) is 0 Å². The van der Waals surface area contributed by atoms with Crippen molar-refractivity contribution in [2.24, 2.45) is 7.05 Å². The van der Waals surface area contributed by atoms with Crippen LogP contribution >= 0.6 is 0 Å². The second-order valence-corrected chi connectivity index (χ2v) is 5.15. The van der Waals surface area contributed by atoms with E-state index in [1.807, 2.05) is 19.1 Å². The molecule has 0 amide bonds. The average Bonchev–Trinajstić information content (AvgIpc) is 2.32. The van der Waals surface area contributed by atoms with Gasteiger partial charge >= 0.3 is 0 Å². The third kappa shape index (κ3) is 1.91. The average molecular weight is 250 g/mol. The highest BCUT2D eigenvalue weighted by molar-refractivity contribution is 7.84. The molecule has 4 nitrogen and oxygen atoms in total. The van der Waals surface area contributed by atoms with Gasteiger partial charge in [-0.15, -0.1) is 0 Å². The molecule has 17 heavy (non-hydrogen) atoms. The number of benzene rings is 1. The molecule has 1 atom stereocenters. The minimum Gasteiger partial charge on any atom is -0.288 e. The van der Waals surface area contributed by atoms with E-state index in [9.17, 15) is 9.00 Å². The molecule has 90 valence electrons. The van der Waals surface area contributed by atoms with E-state index < -0.39 is 10.8 Å². The number of hydrogen-bond donors (Lipinski definition) is 0. The Balaban J connectivity index is 2.96. The molecular weight excluding hydrogens is 236 g/mol. The van der Waals surface area contributed by atoms with Gasteiger partial charge in [0.15, 0.2) is 0 Å². The number of aryl methyl sites for hydroxylation is 1. The molecule has 1 aromatic carbocycles. The van der Waals surface area contributed by atoms with E-state index in [-0.39, 0.29) is 5.56 Å². The molecule has 5 heteroatoms. The van der Waals surface area contributed by atoms with Crippen molar-refractivity contribution >= 4 is 21.7 Å². The van der Waals surface area contributed by atoms with Crippen molar-refractivity contribution in [3.8, 4) is 0 Å². The van der Waals surface area contributed by atoms with Crippen LogP contribution in [0.1, 0.15) is 12.5 Å². The SMILES string of the molecule is CCc1cccc2c(=O)n(C)c(S(C)=O)nc12. The lowest BCUT2D eigenvalue weighted by Gasteiger charge is -2.08. The molecule has 2 aromatic rings. The van der Waals surface area contributed by atoms with Gasteiger partial charge in [0.25, 0.3) is 5.56 Å². The summed E-state index contributed by atoms with van der Waals surface area (Å²) < 4.78 is 12.9. The second-order valence-electron chi connectivity index (χ2n) is 3.88. The first kappa shape index (κ1) is 12.0. The Morgan fingerprint density at radius 2 is 2.12 bits per heavy atom. The molecule has 0 fully saturated rings. The van der Waals surface area contributed by atoms with Crippen LogP contribution in [-0.4, -0.2) is 20.0 Å². The van der Waals surface area contributed by atoms with Crippen LogP contribution in [0.15, 0.2) is 28.2 Å². The number of nitrogens with zero attached hydrogens (tertiary/aromatic N) is 2. The first-order valence-corrected chi connectivity index (χ1v) is 6.94. The fourth-order valence-corrected chi connectivity index (χ4v) is 2.56. The highest BCUT2D eigenvalue weighted by Gasteiger charge is 2.12. The lowest BCUT2D eigenvalue weighted by atomic mass is 10.1. The summed E-state index contributed by atoms with van der Waals surface area (Å²) in [5.74, 6) is 0. The van der Waals surface area contributed by atoms with Crippen molar-refractivity contribution in [3.05, 3.63) is 34.1 Å². The Kier molecular flexibility index (Phi) is 3.11. The summed E-state index contributed by atoms with van der Waals surface area (Å²) in [4.78, 5) is 16.5. The number of fused-ring (bicyclic) bond motifs is 1. The maximum atomic E-state index is 12.1. The summed E-state index contributed by atoms with van der Waals surface area (Å²) in [5.41, 5.74) is 1.53. The molecule has 0 saturated carbocycles. The van der Waals surface area contributed by atoms with Crippen LogP contribution in [0.5, 0.6) is 0 Å². The first-order chi connectivity index (χ1) is 8.06. The van der Waals surface area contributed by atoms with Crippen molar-refractivity contribution in [1.29, 1.82) is 0 Å². The molecule has 0 radical (unpaired) electrons. The molecule has 0 N–H and O–H groups in total.